The lowest BCUT2D eigenvalue weighted by atomic mass is 9.84. The summed E-state index contributed by atoms with van der Waals surface area (Å²) >= 11 is 0. The van der Waals surface area contributed by atoms with E-state index in [1.165, 1.54) is 5.56 Å². The molecule has 1 aromatic carbocycles. The first-order valence-electron chi connectivity index (χ1n) is 8.24. The van der Waals surface area contributed by atoms with Crippen molar-refractivity contribution in [1.82, 2.24) is 9.97 Å². The zero-order valence-electron chi connectivity index (χ0n) is 13.3. The Hall–Kier alpha value is -2.99. The predicted molar refractivity (Wildman–Crippen MR) is 93.4 cm³/mol. The van der Waals surface area contributed by atoms with Crippen LogP contribution in [0.15, 0.2) is 60.8 Å². The van der Waals surface area contributed by atoms with Gasteiger partial charge in [-0.15, -0.1) is 0 Å². The second-order valence-electron chi connectivity index (χ2n) is 6.19. The predicted octanol–water partition coefficient (Wildman–Crippen LogP) is 4.29. The zero-order valence-corrected chi connectivity index (χ0v) is 13.3. The summed E-state index contributed by atoms with van der Waals surface area (Å²) in [6, 6.07) is 20.2. The van der Waals surface area contributed by atoms with Gasteiger partial charge in [-0.05, 0) is 55.2 Å². The third kappa shape index (κ3) is 2.79. The van der Waals surface area contributed by atoms with E-state index in [2.05, 4.69) is 35.3 Å². The normalized spacial score (nSPS) is 16.2. The van der Waals surface area contributed by atoms with Crippen molar-refractivity contribution in [2.75, 3.05) is 0 Å². The Bertz CT molecular complexity index is 910. The van der Waals surface area contributed by atoms with E-state index < -0.39 is 0 Å². The fourth-order valence-corrected chi connectivity index (χ4v) is 3.38. The van der Waals surface area contributed by atoms with Crippen molar-refractivity contribution in [3.05, 3.63) is 83.3 Å². The second kappa shape index (κ2) is 6.25. The molecule has 0 N–H and O–H groups in total. The number of hydrogen-bond acceptors (Lipinski definition) is 3. The van der Waals surface area contributed by atoms with Crippen LogP contribution >= 0.6 is 0 Å². The summed E-state index contributed by atoms with van der Waals surface area (Å²) in [7, 11) is 0. The molecule has 1 aliphatic rings. The number of pyridine rings is 2. The molecule has 2 heterocycles. The summed E-state index contributed by atoms with van der Waals surface area (Å²) in [5.41, 5.74) is 6.25. The highest BCUT2D eigenvalue weighted by molar-refractivity contribution is 5.62. The van der Waals surface area contributed by atoms with Crippen molar-refractivity contribution in [1.29, 1.82) is 5.26 Å². The summed E-state index contributed by atoms with van der Waals surface area (Å²) in [6.07, 6.45) is 4.96. The van der Waals surface area contributed by atoms with Crippen molar-refractivity contribution in [2.45, 2.75) is 25.2 Å². The lowest BCUT2D eigenvalue weighted by Crippen LogP contribution is -2.15. The van der Waals surface area contributed by atoms with E-state index in [9.17, 15) is 0 Å². The summed E-state index contributed by atoms with van der Waals surface area (Å²) in [5.74, 6) is 0.437. The minimum Gasteiger partial charge on any atom is -0.261 e. The van der Waals surface area contributed by atoms with Crippen LogP contribution in [0.2, 0.25) is 0 Å². The molecule has 0 spiro atoms. The molecule has 0 bridgehead atoms. The van der Waals surface area contributed by atoms with Gasteiger partial charge in [0.1, 0.15) is 0 Å². The van der Waals surface area contributed by atoms with Crippen molar-refractivity contribution < 1.29 is 0 Å². The molecule has 116 valence electrons. The molecule has 3 aromatic rings. The maximum absolute atomic E-state index is 9.08. The van der Waals surface area contributed by atoms with Gasteiger partial charge in [-0.1, -0.05) is 24.3 Å². The zero-order chi connectivity index (χ0) is 16.4. The Morgan fingerprint density at radius 2 is 2.00 bits per heavy atom. The number of rotatable bonds is 2. The average Bonchev–Trinajstić information content (AvgIpc) is 2.68. The molecule has 4 rings (SSSR count). The Kier molecular flexibility index (Phi) is 3.80. The topological polar surface area (TPSA) is 49.6 Å². The number of nitrogens with zero attached hydrogens (tertiary/aromatic N) is 3. The molecule has 3 nitrogen and oxygen atoms in total. The molecule has 0 saturated heterocycles. The fraction of sp³-hybridized carbons (Fsp3) is 0.190. The summed E-state index contributed by atoms with van der Waals surface area (Å²) in [6.45, 7) is 0. The third-order valence-electron chi connectivity index (χ3n) is 4.66. The molecule has 1 unspecified atom stereocenters. The lowest BCUT2D eigenvalue weighted by molar-refractivity contribution is 0.560. The summed E-state index contributed by atoms with van der Waals surface area (Å²) in [5, 5.41) is 9.08. The van der Waals surface area contributed by atoms with Crippen LogP contribution in [0.3, 0.4) is 0 Å². The van der Waals surface area contributed by atoms with Crippen LogP contribution in [-0.2, 0) is 12.8 Å². The molecule has 0 fully saturated rings. The van der Waals surface area contributed by atoms with Crippen molar-refractivity contribution in [3.8, 4) is 17.3 Å². The van der Waals surface area contributed by atoms with Crippen LogP contribution in [0.25, 0.3) is 11.3 Å². The van der Waals surface area contributed by atoms with E-state index in [1.807, 2.05) is 36.5 Å². The van der Waals surface area contributed by atoms with E-state index in [-0.39, 0.29) is 0 Å². The van der Waals surface area contributed by atoms with Crippen LogP contribution in [-0.4, -0.2) is 9.97 Å². The Balaban J connectivity index is 1.67. The number of aryl methyl sites for hydroxylation is 1. The molecular formula is C21H17N3. The maximum atomic E-state index is 9.08. The van der Waals surface area contributed by atoms with Gasteiger partial charge in [0.05, 0.1) is 17.3 Å². The van der Waals surface area contributed by atoms with Gasteiger partial charge >= 0.3 is 0 Å². The SMILES string of the molecule is N#Cc1cccc(-c2ccc3c(n2)CC(c2ccccn2)CC3)c1. The standard InChI is InChI=1S/C21H17N3/c22-14-15-4-3-5-17(12-15)20-10-9-16-7-8-18(13-21(16)24-20)19-6-1-2-11-23-19/h1-6,9-12,18H,7-8,13H2. The smallest absolute Gasteiger partial charge is 0.0991 e. The number of fused-ring (bicyclic) bond motifs is 1. The monoisotopic (exact) mass is 311 g/mol. The number of hydrogen-bond donors (Lipinski definition) is 0. The lowest BCUT2D eigenvalue weighted by Gasteiger charge is -2.24. The molecule has 0 amide bonds. The van der Waals surface area contributed by atoms with Gasteiger partial charge in [-0.3, -0.25) is 9.97 Å². The van der Waals surface area contributed by atoms with E-state index in [0.717, 1.165) is 41.9 Å². The molecule has 1 atom stereocenters. The van der Waals surface area contributed by atoms with Crippen molar-refractivity contribution >= 4 is 0 Å². The third-order valence-corrected chi connectivity index (χ3v) is 4.66. The maximum Gasteiger partial charge on any atom is 0.0991 e. The summed E-state index contributed by atoms with van der Waals surface area (Å²) in [4.78, 5) is 9.41. The Labute approximate surface area is 141 Å². The largest absolute Gasteiger partial charge is 0.261 e. The first kappa shape index (κ1) is 14.6. The van der Waals surface area contributed by atoms with Gasteiger partial charge in [0, 0.05) is 29.1 Å². The van der Waals surface area contributed by atoms with Crippen LogP contribution in [0.5, 0.6) is 0 Å². The van der Waals surface area contributed by atoms with Crippen molar-refractivity contribution in [3.63, 3.8) is 0 Å². The quantitative estimate of drug-likeness (QED) is 0.709. The minimum absolute atomic E-state index is 0.437. The Morgan fingerprint density at radius 3 is 2.83 bits per heavy atom. The van der Waals surface area contributed by atoms with E-state index >= 15 is 0 Å². The van der Waals surface area contributed by atoms with Gasteiger partial charge in [0.25, 0.3) is 0 Å². The summed E-state index contributed by atoms with van der Waals surface area (Å²) < 4.78 is 0. The molecule has 2 aromatic heterocycles. The fourth-order valence-electron chi connectivity index (χ4n) is 3.38. The van der Waals surface area contributed by atoms with E-state index in [1.54, 1.807) is 0 Å². The van der Waals surface area contributed by atoms with Crippen LogP contribution in [0.1, 0.15) is 34.9 Å². The first-order chi connectivity index (χ1) is 11.8. The molecule has 0 aliphatic heterocycles. The minimum atomic E-state index is 0.437. The van der Waals surface area contributed by atoms with Gasteiger partial charge < -0.3 is 0 Å². The molecule has 0 radical (unpaired) electrons. The van der Waals surface area contributed by atoms with Gasteiger partial charge in [-0.2, -0.15) is 5.26 Å². The number of nitriles is 1. The molecule has 24 heavy (non-hydrogen) atoms. The van der Waals surface area contributed by atoms with Crippen LogP contribution in [0.4, 0.5) is 0 Å². The van der Waals surface area contributed by atoms with Crippen molar-refractivity contribution in [2.24, 2.45) is 0 Å². The molecular weight excluding hydrogens is 294 g/mol. The van der Waals surface area contributed by atoms with Crippen LogP contribution < -0.4 is 0 Å². The van der Waals surface area contributed by atoms with Gasteiger partial charge in [0.15, 0.2) is 0 Å². The highest BCUT2D eigenvalue weighted by Crippen LogP contribution is 2.32. The van der Waals surface area contributed by atoms with Gasteiger partial charge in [-0.25, -0.2) is 0 Å². The van der Waals surface area contributed by atoms with E-state index in [4.69, 9.17) is 10.2 Å². The van der Waals surface area contributed by atoms with Crippen LogP contribution in [0, 0.1) is 11.3 Å². The molecule has 1 aliphatic carbocycles. The number of benzene rings is 1. The molecule has 3 heteroatoms. The highest BCUT2D eigenvalue weighted by Gasteiger charge is 2.22. The Morgan fingerprint density at radius 1 is 1.04 bits per heavy atom. The highest BCUT2D eigenvalue weighted by atomic mass is 14.7. The first-order valence-corrected chi connectivity index (χ1v) is 8.24. The van der Waals surface area contributed by atoms with E-state index in [0.29, 0.717) is 11.5 Å². The molecule has 0 saturated carbocycles. The average molecular weight is 311 g/mol. The second-order valence-corrected chi connectivity index (χ2v) is 6.19. The number of aromatic nitrogens is 2. The van der Waals surface area contributed by atoms with Gasteiger partial charge in [0.2, 0.25) is 0 Å².